The number of oxime groups is 1. The van der Waals surface area contributed by atoms with E-state index in [1.165, 1.54) is 0 Å². The first-order chi connectivity index (χ1) is 5.88. The third-order valence-corrected chi connectivity index (χ3v) is 2.09. The molecule has 70 valence electrons. The van der Waals surface area contributed by atoms with Crippen LogP contribution in [0.15, 0.2) is 5.16 Å². The number of rotatable bonds is 3. The predicted octanol–water partition coefficient (Wildman–Crippen LogP) is 0.890. The highest BCUT2D eigenvalue weighted by molar-refractivity contribution is 5.86. The summed E-state index contributed by atoms with van der Waals surface area (Å²) in [6, 6.07) is 0. The van der Waals surface area contributed by atoms with Crippen molar-refractivity contribution in [1.29, 1.82) is 0 Å². The fourth-order valence-corrected chi connectivity index (χ4v) is 1.34. The molecule has 0 aromatic carbocycles. The zero-order valence-corrected chi connectivity index (χ0v) is 7.32. The average Bonchev–Trinajstić information content (AvgIpc) is 2.15. The molecule has 0 radical (unpaired) electrons. The van der Waals surface area contributed by atoms with Gasteiger partial charge >= 0.3 is 0 Å². The van der Waals surface area contributed by atoms with Crippen molar-refractivity contribution in [2.45, 2.75) is 12.8 Å². The van der Waals surface area contributed by atoms with Gasteiger partial charge in [-0.05, 0) is 6.42 Å². The zero-order valence-electron chi connectivity index (χ0n) is 7.32. The van der Waals surface area contributed by atoms with Gasteiger partial charge in [-0.15, -0.1) is 0 Å². The fourth-order valence-electron chi connectivity index (χ4n) is 1.34. The van der Waals surface area contributed by atoms with Crippen LogP contribution >= 0.6 is 0 Å². The summed E-state index contributed by atoms with van der Waals surface area (Å²) >= 11 is 0. The van der Waals surface area contributed by atoms with Crippen LogP contribution in [-0.4, -0.2) is 37.8 Å². The van der Waals surface area contributed by atoms with Crippen LogP contribution in [-0.2, 0) is 9.47 Å². The lowest BCUT2D eigenvalue weighted by Gasteiger charge is -2.22. The van der Waals surface area contributed by atoms with Crippen molar-refractivity contribution in [2.75, 3.05) is 26.9 Å². The minimum atomic E-state index is 0.240. The first-order valence-electron chi connectivity index (χ1n) is 4.16. The summed E-state index contributed by atoms with van der Waals surface area (Å²) in [5, 5.41) is 11.9. The molecule has 4 nitrogen and oxygen atoms in total. The monoisotopic (exact) mass is 173 g/mol. The molecule has 0 aromatic rings. The lowest BCUT2D eigenvalue weighted by molar-refractivity contribution is 0.0871. The molecule has 12 heavy (non-hydrogen) atoms. The van der Waals surface area contributed by atoms with Gasteiger partial charge in [0.2, 0.25) is 0 Å². The number of nitrogens with zero attached hydrogens (tertiary/aromatic N) is 1. The second-order valence-corrected chi connectivity index (χ2v) is 2.89. The van der Waals surface area contributed by atoms with E-state index < -0.39 is 0 Å². The Morgan fingerprint density at radius 2 is 2.58 bits per heavy atom. The van der Waals surface area contributed by atoms with Crippen molar-refractivity contribution in [1.82, 2.24) is 0 Å². The summed E-state index contributed by atoms with van der Waals surface area (Å²) in [4.78, 5) is 0. The van der Waals surface area contributed by atoms with Crippen LogP contribution in [0.25, 0.3) is 0 Å². The molecular weight excluding hydrogens is 158 g/mol. The van der Waals surface area contributed by atoms with Crippen LogP contribution < -0.4 is 0 Å². The Bertz CT molecular complexity index is 158. The van der Waals surface area contributed by atoms with Crippen molar-refractivity contribution in [3.05, 3.63) is 0 Å². The van der Waals surface area contributed by atoms with E-state index in [0.29, 0.717) is 19.8 Å². The Hall–Kier alpha value is -0.610. The average molecular weight is 173 g/mol. The fraction of sp³-hybridized carbons (Fsp3) is 0.875. The van der Waals surface area contributed by atoms with Gasteiger partial charge in [-0.3, -0.25) is 0 Å². The summed E-state index contributed by atoms with van der Waals surface area (Å²) in [6.07, 6.45) is 1.61. The molecule has 0 amide bonds. The third-order valence-electron chi connectivity index (χ3n) is 2.09. The smallest absolute Gasteiger partial charge is 0.0648 e. The summed E-state index contributed by atoms with van der Waals surface area (Å²) in [7, 11) is 1.67. The molecule has 0 spiro atoms. The molecule has 0 saturated carbocycles. The molecule has 1 N–H and O–H groups in total. The minimum absolute atomic E-state index is 0.240. The minimum Gasteiger partial charge on any atom is -0.411 e. The first-order valence-corrected chi connectivity index (χ1v) is 4.16. The highest BCUT2D eigenvalue weighted by Gasteiger charge is 2.20. The Balaban J connectivity index is 2.37. The molecule has 1 atom stereocenters. The molecular formula is C8H15NO3. The highest BCUT2D eigenvalue weighted by Crippen LogP contribution is 2.14. The standard InChI is InChI=1S/C8H15NO3/c1-11-4-2-7-6-12-5-3-8(7)9-10/h7,10H,2-6H2,1H3. The Kier molecular flexibility index (Phi) is 4.04. The largest absolute Gasteiger partial charge is 0.411 e. The summed E-state index contributed by atoms with van der Waals surface area (Å²) < 4.78 is 10.2. The van der Waals surface area contributed by atoms with E-state index in [0.717, 1.165) is 18.6 Å². The predicted molar refractivity (Wildman–Crippen MR) is 44.6 cm³/mol. The molecule has 1 aliphatic rings. The van der Waals surface area contributed by atoms with E-state index >= 15 is 0 Å². The van der Waals surface area contributed by atoms with Crippen LogP contribution in [0.3, 0.4) is 0 Å². The molecule has 1 fully saturated rings. The quantitative estimate of drug-likeness (QED) is 0.509. The van der Waals surface area contributed by atoms with Crippen LogP contribution in [0.1, 0.15) is 12.8 Å². The molecule has 4 heteroatoms. The van der Waals surface area contributed by atoms with Gasteiger partial charge in [-0.1, -0.05) is 5.16 Å². The molecule has 1 rings (SSSR count). The molecule has 1 unspecified atom stereocenters. The van der Waals surface area contributed by atoms with Crippen LogP contribution in [0.4, 0.5) is 0 Å². The van der Waals surface area contributed by atoms with Gasteiger partial charge in [0, 0.05) is 26.1 Å². The van der Waals surface area contributed by atoms with Crippen molar-refractivity contribution in [3.63, 3.8) is 0 Å². The van der Waals surface area contributed by atoms with Gasteiger partial charge in [0.25, 0.3) is 0 Å². The SMILES string of the molecule is COCCC1COCCC1=NO. The third kappa shape index (κ3) is 2.46. The topological polar surface area (TPSA) is 51.0 Å². The van der Waals surface area contributed by atoms with E-state index in [-0.39, 0.29) is 5.92 Å². The lowest BCUT2D eigenvalue weighted by atomic mass is 9.97. The summed E-state index contributed by atoms with van der Waals surface area (Å²) in [6.45, 7) is 2.01. The van der Waals surface area contributed by atoms with Gasteiger partial charge in [0.15, 0.2) is 0 Å². The highest BCUT2D eigenvalue weighted by atomic mass is 16.5. The van der Waals surface area contributed by atoms with Crippen LogP contribution in [0.5, 0.6) is 0 Å². The van der Waals surface area contributed by atoms with Gasteiger partial charge in [0.05, 0.1) is 18.9 Å². The van der Waals surface area contributed by atoms with E-state index in [9.17, 15) is 0 Å². The van der Waals surface area contributed by atoms with Crippen LogP contribution in [0.2, 0.25) is 0 Å². The van der Waals surface area contributed by atoms with E-state index in [4.69, 9.17) is 14.7 Å². The van der Waals surface area contributed by atoms with Gasteiger partial charge in [-0.2, -0.15) is 0 Å². The van der Waals surface area contributed by atoms with E-state index in [1.807, 2.05) is 0 Å². The molecule has 1 heterocycles. The van der Waals surface area contributed by atoms with Crippen molar-refractivity contribution in [2.24, 2.45) is 11.1 Å². The van der Waals surface area contributed by atoms with Crippen molar-refractivity contribution < 1.29 is 14.7 Å². The van der Waals surface area contributed by atoms with Crippen molar-refractivity contribution in [3.8, 4) is 0 Å². The van der Waals surface area contributed by atoms with Crippen molar-refractivity contribution >= 4 is 5.71 Å². The number of hydrogen-bond donors (Lipinski definition) is 1. The zero-order chi connectivity index (χ0) is 8.81. The molecule has 0 aromatic heterocycles. The maximum Gasteiger partial charge on any atom is 0.0648 e. The molecule has 1 aliphatic heterocycles. The maximum absolute atomic E-state index is 8.65. The second kappa shape index (κ2) is 5.11. The summed E-state index contributed by atoms with van der Waals surface area (Å²) in [5.41, 5.74) is 0.846. The van der Waals surface area contributed by atoms with Gasteiger partial charge in [-0.25, -0.2) is 0 Å². The van der Waals surface area contributed by atoms with Crippen LogP contribution in [0, 0.1) is 5.92 Å². The Labute approximate surface area is 72.2 Å². The lowest BCUT2D eigenvalue weighted by Crippen LogP contribution is -2.28. The Morgan fingerprint density at radius 3 is 3.25 bits per heavy atom. The summed E-state index contributed by atoms with van der Waals surface area (Å²) in [5.74, 6) is 0.240. The molecule has 0 aliphatic carbocycles. The molecule has 0 bridgehead atoms. The van der Waals surface area contributed by atoms with E-state index in [2.05, 4.69) is 5.16 Å². The first kappa shape index (κ1) is 9.48. The molecule has 1 saturated heterocycles. The number of ether oxygens (including phenoxy) is 2. The number of methoxy groups -OCH3 is 1. The second-order valence-electron chi connectivity index (χ2n) is 2.89. The van der Waals surface area contributed by atoms with E-state index in [1.54, 1.807) is 7.11 Å². The number of hydrogen-bond acceptors (Lipinski definition) is 4. The van der Waals surface area contributed by atoms with Gasteiger partial charge in [0.1, 0.15) is 0 Å². The Morgan fingerprint density at radius 1 is 1.75 bits per heavy atom. The maximum atomic E-state index is 8.65. The van der Waals surface area contributed by atoms with Gasteiger partial charge < -0.3 is 14.7 Å². The normalized spacial score (nSPS) is 27.8.